The number of aliphatic hydroxyl groups is 1. The van der Waals surface area contributed by atoms with Crippen molar-refractivity contribution in [3.63, 3.8) is 0 Å². The van der Waals surface area contributed by atoms with Crippen LogP contribution in [0.3, 0.4) is 0 Å². The fourth-order valence-electron chi connectivity index (χ4n) is 3.23. The molecule has 8 nitrogen and oxygen atoms in total. The van der Waals surface area contributed by atoms with E-state index in [0.29, 0.717) is 5.69 Å². The van der Waals surface area contributed by atoms with Crippen LogP contribution >= 0.6 is 23.2 Å². The molecule has 0 bridgehead atoms. The first-order chi connectivity index (χ1) is 16.5. The summed E-state index contributed by atoms with van der Waals surface area (Å²) in [6.45, 7) is 1.15. The van der Waals surface area contributed by atoms with Gasteiger partial charge in [0.1, 0.15) is 17.5 Å². The highest BCUT2D eigenvalue weighted by atomic mass is 35.5. The predicted molar refractivity (Wildman–Crippen MR) is 118 cm³/mol. The Labute approximate surface area is 207 Å². The van der Waals surface area contributed by atoms with Crippen LogP contribution in [0.1, 0.15) is 29.7 Å². The highest BCUT2D eigenvalue weighted by molar-refractivity contribution is 6.31. The molecule has 35 heavy (non-hydrogen) atoms. The summed E-state index contributed by atoms with van der Waals surface area (Å²) in [5.74, 6) is -1.34. The zero-order valence-corrected chi connectivity index (χ0v) is 19.7. The zero-order valence-electron chi connectivity index (χ0n) is 18.2. The average Bonchev–Trinajstić information content (AvgIpc) is 2.82. The molecule has 0 aliphatic carbocycles. The van der Waals surface area contributed by atoms with Crippen LogP contribution in [-0.4, -0.2) is 39.5 Å². The quantitative estimate of drug-likeness (QED) is 0.316. The number of hydrogen-bond donors (Lipinski definition) is 1. The fraction of sp³-hybridized carbons (Fsp3) is 0.273. The number of halogens is 5. The largest absolute Gasteiger partial charge is 0.514 e. The number of rotatable bonds is 7. The van der Waals surface area contributed by atoms with Gasteiger partial charge in [-0.2, -0.15) is 13.2 Å². The third-order valence-electron chi connectivity index (χ3n) is 5.09. The van der Waals surface area contributed by atoms with Gasteiger partial charge in [-0.05, 0) is 35.4 Å². The molecular weight excluding hydrogens is 514 g/mol. The van der Waals surface area contributed by atoms with Crippen molar-refractivity contribution < 1.29 is 37.3 Å². The van der Waals surface area contributed by atoms with Crippen molar-refractivity contribution in [2.75, 3.05) is 7.11 Å². The van der Waals surface area contributed by atoms with E-state index in [1.54, 1.807) is 0 Å². The van der Waals surface area contributed by atoms with E-state index in [1.165, 1.54) is 37.5 Å². The van der Waals surface area contributed by atoms with Gasteiger partial charge < -0.3 is 19.3 Å². The summed E-state index contributed by atoms with van der Waals surface area (Å²) in [5.41, 5.74) is -3.34. The maximum Gasteiger partial charge on any atom is 0.514 e. The SMILES string of the molecule is COC(=O)Oc1cnc(COc2ccc(C(C)C(O)(c3ccnc(Cl)c3)C(F)(F)F)c(Cl)c2)cn1. The number of aromatic nitrogens is 3. The molecule has 0 radical (unpaired) electrons. The normalized spacial score (nSPS) is 14.1. The maximum absolute atomic E-state index is 14.1. The lowest BCUT2D eigenvalue weighted by molar-refractivity contribution is -0.274. The molecule has 1 N–H and O–H groups in total. The van der Waals surface area contributed by atoms with Gasteiger partial charge in [0.2, 0.25) is 5.88 Å². The molecule has 0 aliphatic rings. The average molecular weight is 532 g/mol. The van der Waals surface area contributed by atoms with Gasteiger partial charge in [0.05, 0.1) is 25.2 Å². The van der Waals surface area contributed by atoms with Crippen LogP contribution in [0.5, 0.6) is 11.6 Å². The van der Waals surface area contributed by atoms with E-state index in [0.717, 1.165) is 25.4 Å². The molecule has 0 saturated heterocycles. The Bertz CT molecular complexity index is 1200. The first kappa shape index (κ1) is 26.5. The van der Waals surface area contributed by atoms with E-state index in [-0.39, 0.29) is 34.0 Å². The molecular formula is C22H18Cl2F3N3O5. The Morgan fingerprint density at radius 1 is 1.11 bits per heavy atom. The Morgan fingerprint density at radius 2 is 1.86 bits per heavy atom. The molecule has 0 saturated carbocycles. The molecule has 2 heterocycles. The summed E-state index contributed by atoms with van der Waals surface area (Å²) in [4.78, 5) is 22.6. The number of pyridine rings is 1. The summed E-state index contributed by atoms with van der Waals surface area (Å²) >= 11 is 12.0. The van der Waals surface area contributed by atoms with Gasteiger partial charge in [-0.15, -0.1) is 0 Å². The van der Waals surface area contributed by atoms with Crippen molar-refractivity contribution in [3.8, 4) is 11.6 Å². The Hall–Kier alpha value is -3.15. The summed E-state index contributed by atoms with van der Waals surface area (Å²) in [7, 11) is 1.15. The van der Waals surface area contributed by atoms with E-state index in [9.17, 15) is 23.1 Å². The van der Waals surface area contributed by atoms with Crippen molar-refractivity contribution in [3.05, 3.63) is 75.9 Å². The second-order valence-electron chi connectivity index (χ2n) is 7.23. The number of hydrogen-bond acceptors (Lipinski definition) is 8. The van der Waals surface area contributed by atoms with Crippen molar-refractivity contribution in [1.29, 1.82) is 0 Å². The maximum atomic E-state index is 14.1. The summed E-state index contributed by atoms with van der Waals surface area (Å²) in [5, 5.41) is 10.6. The summed E-state index contributed by atoms with van der Waals surface area (Å²) in [6, 6.07) is 6.08. The monoisotopic (exact) mass is 531 g/mol. The molecule has 3 aromatic rings. The second kappa shape index (κ2) is 10.6. The molecule has 2 aromatic heterocycles. The number of ether oxygens (including phenoxy) is 3. The van der Waals surface area contributed by atoms with Gasteiger partial charge >= 0.3 is 12.3 Å². The lowest BCUT2D eigenvalue weighted by Crippen LogP contribution is -2.46. The van der Waals surface area contributed by atoms with Crippen LogP contribution in [0.4, 0.5) is 18.0 Å². The number of nitrogens with zero attached hydrogens (tertiary/aromatic N) is 3. The minimum absolute atomic E-state index is 0.0379. The molecule has 0 fully saturated rings. The first-order valence-corrected chi connectivity index (χ1v) is 10.6. The molecule has 1 aromatic carbocycles. The van der Waals surface area contributed by atoms with Crippen LogP contribution in [0.2, 0.25) is 10.2 Å². The number of benzene rings is 1. The molecule has 186 valence electrons. The number of alkyl halides is 3. The van der Waals surface area contributed by atoms with Gasteiger partial charge in [-0.3, -0.25) is 4.98 Å². The van der Waals surface area contributed by atoms with Crippen LogP contribution in [0, 0.1) is 0 Å². The van der Waals surface area contributed by atoms with Crippen molar-refractivity contribution in [2.24, 2.45) is 0 Å². The molecule has 0 spiro atoms. The lowest BCUT2D eigenvalue weighted by atomic mass is 9.78. The summed E-state index contributed by atoms with van der Waals surface area (Å²) in [6.07, 6.45) is -2.41. The van der Waals surface area contributed by atoms with Gasteiger partial charge in [0.25, 0.3) is 0 Å². The van der Waals surface area contributed by atoms with Crippen molar-refractivity contribution in [2.45, 2.75) is 31.2 Å². The van der Waals surface area contributed by atoms with Gasteiger partial charge in [-0.1, -0.05) is 36.2 Å². The topological polar surface area (TPSA) is 104 Å². The van der Waals surface area contributed by atoms with E-state index >= 15 is 0 Å². The predicted octanol–water partition coefficient (Wildman–Crippen LogP) is 5.46. The van der Waals surface area contributed by atoms with Gasteiger partial charge in [0.15, 0.2) is 5.60 Å². The highest BCUT2D eigenvalue weighted by Gasteiger charge is 2.59. The number of carbonyl (C=O) groups excluding carboxylic acids is 1. The standard InChI is InChI=1S/C22H18Cl2F3N3O5/c1-12(21(32,22(25,26)27)13-5-6-28-18(24)7-13)16-4-3-15(8-17(16)23)34-11-14-9-30-19(10-29-14)35-20(31)33-2/h3-10,12,32H,11H2,1-2H3. The smallest absolute Gasteiger partial charge is 0.487 e. The Kier molecular flexibility index (Phi) is 8.04. The lowest BCUT2D eigenvalue weighted by Gasteiger charge is -2.37. The molecule has 3 rings (SSSR count). The minimum atomic E-state index is -5.04. The second-order valence-corrected chi connectivity index (χ2v) is 8.02. The van der Waals surface area contributed by atoms with E-state index in [1.807, 2.05) is 0 Å². The summed E-state index contributed by atoms with van der Waals surface area (Å²) < 4.78 is 56.8. The van der Waals surface area contributed by atoms with Gasteiger partial charge in [-0.25, -0.2) is 14.8 Å². The minimum Gasteiger partial charge on any atom is -0.487 e. The Morgan fingerprint density at radius 3 is 2.43 bits per heavy atom. The third kappa shape index (κ3) is 5.92. The van der Waals surface area contributed by atoms with Crippen molar-refractivity contribution in [1.82, 2.24) is 15.0 Å². The fourth-order valence-corrected chi connectivity index (χ4v) is 3.74. The Balaban J connectivity index is 1.78. The molecule has 0 aliphatic heterocycles. The van der Waals surface area contributed by atoms with E-state index < -0.39 is 29.4 Å². The number of methoxy groups -OCH3 is 1. The van der Waals surface area contributed by atoms with Crippen LogP contribution in [0.25, 0.3) is 0 Å². The zero-order chi connectivity index (χ0) is 25.8. The van der Waals surface area contributed by atoms with Crippen LogP contribution in [0.15, 0.2) is 48.9 Å². The molecule has 2 unspecified atom stereocenters. The van der Waals surface area contributed by atoms with Gasteiger partial charge in [0, 0.05) is 17.1 Å². The molecule has 13 heteroatoms. The molecule has 0 amide bonds. The highest BCUT2D eigenvalue weighted by Crippen LogP contribution is 2.50. The van der Waals surface area contributed by atoms with E-state index in [2.05, 4.69) is 19.7 Å². The number of carbonyl (C=O) groups is 1. The third-order valence-corrected chi connectivity index (χ3v) is 5.62. The van der Waals surface area contributed by atoms with Crippen molar-refractivity contribution >= 4 is 29.4 Å². The van der Waals surface area contributed by atoms with E-state index in [4.69, 9.17) is 32.7 Å². The first-order valence-electron chi connectivity index (χ1n) is 9.85. The van der Waals surface area contributed by atoms with Crippen LogP contribution in [-0.2, 0) is 16.9 Å². The molecule has 2 atom stereocenters. The van der Waals surface area contributed by atoms with Crippen LogP contribution < -0.4 is 9.47 Å².